The highest BCUT2D eigenvalue weighted by molar-refractivity contribution is 5.85. The molecule has 8 nitrogen and oxygen atoms in total. The maximum Gasteiger partial charge on any atom is 0.410 e. The quantitative estimate of drug-likeness (QED) is 0.329. The molecule has 41 heavy (non-hydrogen) atoms. The summed E-state index contributed by atoms with van der Waals surface area (Å²) >= 11 is 0. The molecule has 2 aromatic carbocycles. The predicted octanol–water partition coefficient (Wildman–Crippen LogP) is 5.96. The summed E-state index contributed by atoms with van der Waals surface area (Å²) in [7, 11) is 1.70. The maximum absolute atomic E-state index is 14.9. The number of benzene rings is 2. The van der Waals surface area contributed by atoms with E-state index in [2.05, 4.69) is 15.0 Å². The Balaban J connectivity index is 1.18. The predicted molar refractivity (Wildman–Crippen MR) is 148 cm³/mol. The molecule has 0 radical (unpaired) electrons. The first-order valence-electron chi connectivity index (χ1n) is 13.5. The SMILES string of the molecule is CN(c1ccc2c(=O)[nH]ccc2c1)c1nc(-c2ccc3c(c2)CCN(C(=O)OC2CCC(F)(F)CC2)C3)ncc1F. The fourth-order valence-corrected chi connectivity index (χ4v) is 5.44. The number of hydrogen-bond donors (Lipinski definition) is 1. The molecule has 2 aliphatic rings. The van der Waals surface area contributed by atoms with Crippen LogP contribution in [0.3, 0.4) is 0 Å². The Morgan fingerprint density at radius 3 is 2.73 bits per heavy atom. The van der Waals surface area contributed by atoms with Crippen molar-refractivity contribution in [1.29, 1.82) is 0 Å². The van der Waals surface area contributed by atoms with E-state index in [1.165, 1.54) is 0 Å². The summed E-state index contributed by atoms with van der Waals surface area (Å²) in [6, 6.07) is 12.7. The molecule has 6 rings (SSSR count). The summed E-state index contributed by atoms with van der Waals surface area (Å²) in [5.74, 6) is -2.82. The number of alkyl halides is 2. The van der Waals surface area contributed by atoms with Crippen LogP contribution in [0.4, 0.5) is 29.5 Å². The van der Waals surface area contributed by atoms with Crippen LogP contribution in [-0.4, -0.2) is 51.6 Å². The standard InChI is InChI=1S/C30H28F3N5O3/c1-37(22-4-5-24-19(15-22)8-12-34-28(24)39)27-25(31)16-35-26(36-27)20-2-3-21-17-38(13-9-18(21)14-20)29(40)41-23-6-10-30(32,33)11-7-23/h2-5,8,12,14-16,23H,6-7,9-11,13,17H2,1H3,(H,34,39). The van der Waals surface area contributed by atoms with Gasteiger partial charge in [-0.2, -0.15) is 0 Å². The second kappa shape index (κ2) is 10.5. The molecule has 1 fully saturated rings. The lowest BCUT2D eigenvalue weighted by molar-refractivity contribution is -0.0691. The van der Waals surface area contributed by atoms with E-state index in [4.69, 9.17) is 4.74 Å². The minimum Gasteiger partial charge on any atom is -0.446 e. The van der Waals surface area contributed by atoms with Crippen LogP contribution in [0.25, 0.3) is 22.2 Å². The highest BCUT2D eigenvalue weighted by Crippen LogP contribution is 2.35. The van der Waals surface area contributed by atoms with Crippen molar-refractivity contribution in [3.05, 3.63) is 82.2 Å². The number of aromatic nitrogens is 3. The molecular weight excluding hydrogens is 535 g/mol. The molecule has 1 aliphatic carbocycles. The van der Waals surface area contributed by atoms with E-state index in [-0.39, 0.29) is 37.1 Å². The number of halogens is 3. The van der Waals surface area contributed by atoms with Crippen molar-refractivity contribution in [2.75, 3.05) is 18.5 Å². The average Bonchev–Trinajstić information content (AvgIpc) is 2.97. The van der Waals surface area contributed by atoms with Crippen molar-refractivity contribution in [3.8, 4) is 11.4 Å². The van der Waals surface area contributed by atoms with Gasteiger partial charge in [-0.1, -0.05) is 12.1 Å². The van der Waals surface area contributed by atoms with Gasteiger partial charge in [-0.25, -0.2) is 27.9 Å². The zero-order chi connectivity index (χ0) is 28.7. The average molecular weight is 564 g/mol. The van der Waals surface area contributed by atoms with E-state index in [1.54, 1.807) is 47.3 Å². The molecule has 1 N–H and O–H groups in total. The first kappa shape index (κ1) is 26.8. The number of ether oxygens (including phenoxy) is 1. The number of nitrogens with one attached hydrogen (secondary N) is 1. The molecule has 2 aromatic heterocycles. The molecule has 0 saturated heterocycles. The van der Waals surface area contributed by atoms with Crippen LogP contribution in [-0.2, 0) is 17.7 Å². The third-order valence-corrected chi connectivity index (χ3v) is 7.85. The van der Waals surface area contributed by atoms with Crippen LogP contribution in [0.2, 0.25) is 0 Å². The number of pyridine rings is 1. The van der Waals surface area contributed by atoms with Crippen LogP contribution in [0.15, 0.2) is 59.7 Å². The van der Waals surface area contributed by atoms with Crippen LogP contribution in [0, 0.1) is 5.82 Å². The van der Waals surface area contributed by atoms with E-state index in [1.807, 2.05) is 18.2 Å². The van der Waals surface area contributed by atoms with Gasteiger partial charge in [0.25, 0.3) is 5.56 Å². The third kappa shape index (κ3) is 5.48. The van der Waals surface area contributed by atoms with Gasteiger partial charge in [0.05, 0.1) is 6.20 Å². The Bertz CT molecular complexity index is 1680. The lowest BCUT2D eigenvalue weighted by atomic mass is 9.94. The smallest absolute Gasteiger partial charge is 0.410 e. The minimum absolute atomic E-state index is 0.0892. The third-order valence-electron chi connectivity index (χ3n) is 7.85. The first-order chi connectivity index (χ1) is 19.7. The van der Waals surface area contributed by atoms with E-state index in [9.17, 15) is 22.8 Å². The number of carbonyl (C=O) groups is 1. The van der Waals surface area contributed by atoms with Gasteiger partial charge < -0.3 is 19.5 Å². The lowest BCUT2D eigenvalue weighted by Crippen LogP contribution is -2.39. The summed E-state index contributed by atoms with van der Waals surface area (Å²) in [6.45, 7) is 0.779. The molecule has 0 unspecified atom stereocenters. The monoisotopic (exact) mass is 563 g/mol. The van der Waals surface area contributed by atoms with Gasteiger partial charge in [0.15, 0.2) is 17.5 Å². The van der Waals surface area contributed by atoms with E-state index in [0.29, 0.717) is 42.0 Å². The zero-order valence-electron chi connectivity index (χ0n) is 22.4. The second-order valence-corrected chi connectivity index (χ2v) is 10.6. The first-order valence-corrected chi connectivity index (χ1v) is 13.5. The molecule has 3 heterocycles. The summed E-state index contributed by atoms with van der Waals surface area (Å²) in [5, 5.41) is 1.26. The Labute approximate surface area is 233 Å². The molecule has 1 amide bonds. The molecule has 212 valence electrons. The fourth-order valence-electron chi connectivity index (χ4n) is 5.44. The van der Waals surface area contributed by atoms with Gasteiger partial charge in [-0.3, -0.25) is 4.79 Å². The molecule has 0 spiro atoms. The Hall–Kier alpha value is -4.41. The molecule has 1 aliphatic heterocycles. The highest BCUT2D eigenvalue weighted by atomic mass is 19.3. The summed E-state index contributed by atoms with van der Waals surface area (Å²) in [6.07, 6.45) is 2.13. The molecule has 1 saturated carbocycles. The van der Waals surface area contributed by atoms with Crippen molar-refractivity contribution >= 4 is 28.4 Å². The van der Waals surface area contributed by atoms with Crippen LogP contribution in [0.1, 0.15) is 36.8 Å². The number of H-pyrrole nitrogens is 1. The van der Waals surface area contributed by atoms with Gasteiger partial charge in [-0.05, 0) is 66.1 Å². The Morgan fingerprint density at radius 1 is 1.12 bits per heavy atom. The number of aromatic amines is 1. The van der Waals surface area contributed by atoms with Crippen molar-refractivity contribution in [3.63, 3.8) is 0 Å². The van der Waals surface area contributed by atoms with Crippen LogP contribution in [0.5, 0.6) is 0 Å². The number of amides is 1. The Morgan fingerprint density at radius 2 is 1.93 bits per heavy atom. The van der Waals surface area contributed by atoms with Crippen molar-refractivity contribution in [2.45, 2.75) is 50.7 Å². The maximum atomic E-state index is 14.9. The van der Waals surface area contributed by atoms with Gasteiger partial charge >= 0.3 is 6.09 Å². The topological polar surface area (TPSA) is 91.4 Å². The zero-order valence-corrected chi connectivity index (χ0v) is 22.4. The highest BCUT2D eigenvalue weighted by Gasteiger charge is 2.37. The number of fused-ring (bicyclic) bond motifs is 2. The van der Waals surface area contributed by atoms with Crippen molar-refractivity contribution < 1.29 is 22.7 Å². The van der Waals surface area contributed by atoms with Crippen molar-refractivity contribution in [2.24, 2.45) is 0 Å². The summed E-state index contributed by atoms with van der Waals surface area (Å²) < 4.78 is 47.3. The normalized spacial score (nSPS) is 16.8. The van der Waals surface area contributed by atoms with Gasteiger partial charge in [0.1, 0.15) is 6.10 Å². The number of rotatable bonds is 4. The van der Waals surface area contributed by atoms with Crippen LogP contribution >= 0.6 is 0 Å². The second-order valence-electron chi connectivity index (χ2n) is 10.6. The Kier molecular flexibility index (Phi) is 6.88. The minimum atomic E-state index is -2.67. The van der Waals surface area contributed by atoms with E-state index < -0.39 is 23.9 Å². The fraction of sp³-hybridized carbons (Fsp3) is 0.333. The van der Waals surface area contributed by atoms with Gasteiger partial charge in [-0.15, -0.1) is 0 Å². The van der Waals surface area contributed by atoms with E-state index >= 15 is 0 Å². The number of hydrogen-bond acceptors (Lipinski definition) is 6. The lowest BCUT2D eigenvalue weighted by Gasteiger charge is -2.32. The van der Waals surface area contributed by atoms with Crippen molar-refractivity contribution in [1.82, 2.24) is 19.9 Å². The molecule has 11 heteroatoms. The number of carbonyl (C=O) groups excluding carboxylic acids is 1. The van der Waals surface area contributed by atoms with Gasteiger partial charge in [0.2, 0.25) is 5.92 Å². The molecule has 4 aromatic rings. The summed E-state index contributed by atoms with van der Waals surface area (Å²) in [5.41, 5.74) is 3.13. The molecule has 0 bridgehead atoms. The number of anilines is 2. The van der Waals surface area contributed by atoms with E-state index in [0.717, 1.165) is 22.7 Å². The van der Waals surface area contributed by atoms with Crippen LogP contribution < -0.4 is 10.5 Å². The summed E-state index contributed by atoms with van der Waals surface area (Å²) in [4.78, 5) is 39.3. The molecular formula is C30H28F3N5O3. The molecule has 0 atom stereocenters. The number of nitrogens with zero attached hydrogens (tertiary/aromatic N) is 4. The largest absolute Gasteiger partial charge is 0.446 e. The van der Waals surface area contributed by atoms with Gasteiger partial charge in [0, 0.05) is 55.8 Å².